The van der Waals surface area contributed by atoms with E-state index in [0.29, 0.717) is 0 Å². The average Bonchev–Trinajstić information content (AvgIpc) is 2.12. The van der Waals surface area contributed by atoms with Gasteiger partial charge in [0.2, 0.25) is 0 Å². The van der Waals surface area contributed by atoms with Gasteiger partial charge in [-0.2, -0.15) is 0 Å². The van der Waals surface area contributed by atoms with Gasteiger partial charge in [0.25, 0.3) is 0 Å². The SMILES string of the molecule is O=[N+]([O-])c1ccco1.[Au]. The molecule has 0 N–H and O–H groups in total. The molecule has 5 heteroatoms. The minimum absolute atomic E-state index is 0. The van der Waals surface area contributed by atoms with E-state index >= 15 is 0 Å². The molecule has 0 saturated heterocycles. The Labute approximate surface area is 66.5 Å². The summed E-state index contributed by atoms with van der Waals surface area (Å²) in [5.41, 5.74) is 0. The van der Waals surface area contributed by atoms with Gasteiger partial charge >= 0.3 is 5.88 Å². The van der Waals surface area contributed by atoms with Crippen LogP contribution in [0.4, 0.5) is 5.88 Å². The zero-order chi connectivity index (χ0) is 5.98. The van der Waals surface area contributed by atoms with E-state index in [1.54, 1.807) is 0 Å². The fourth-order valence-corrected chi connectivity index (χ4v) is 0.374. The molecule has 1 rings (SSSR count). The molecule has 4 nitrogen and oxygen atoms in total. The molecule has 1 aromatic rings. The van der Waals surface area contributed by atoms with E-state index in [4.69, 9.17) is 0 Å². The van der Waals surface area contributed by atoms with Crippen LogP contribution in [-0.4, -0.2) is 4.92 Å². The maximum atomic E-state index is 9.77. The summed E-state index contributed by atoms with van der Waals surface area (Å²) in [5, 5.41) is 9.77. The Hall–Kier alpha value is -0.580. The normalized spacial score (nSPS) is 8.00. The quantitative estimate of drug-likeness (QED) is 0.445. The molecule has 1 aromatic heterocycles. The van der Waals surface area contributed by atoms with E-state index in [-0.39, 0.29) is 28.3 Å². The van der Waals surface area contributed by atoms with E-state index in [1.807, 2.05) is 0 Å². The second-order valence-corrected chi connectivity index (χ2v) is 1.21. The van der Waals surface area contributed by atoms with Gasteiger partial charge in [0.05, 0.1) is 12.3 Å². The zero-order valence-electron chi connectivity index (χ0n) is 4.21. The van der Waals surface area contributed by atoms with Gasteiger partial charge in [0, 0.05) is 22.4 Å². The molecule has 0 aliphatic heterocycles. The van der Waals surface area contributed by atoms with Crippen LogP contribution in [0.1, 0.15) is 0 Å². The van der Waals surface area contributed by atoms with Crippen molar-refractivity contribution in [2.75, 3.05) is 0 Å². The Morgan fingerprint density at radius 1 is 1.67 bits per heavy atom. The first-order valence-electron chi connectivity index (χ1n) is 1.98. The van der Waals surface area contributed by atoms with E-state index in [9.17, 15) is 10.1 Å². The van der Waals surface area contributed by atoms with Crippen LogP contribution in [-0.2, 0) is 22.4 Å². The topological polar surface area (TPSA) is 56.3 Å². The molecule has 0 unspecified atom stereocenters. The molecule has 53 valence electrons. The molecule has 0 amide bonds. The fourth-order valence-electron chi connectivity index (χ4n) is 0.374. The van der Waals surface area contributed by atoms with E-state index < -0.39 is 4.92 Å². The molecule has 0 bridgehead atoms. The van der Waals surface area contributed by atoms with Crippen LogP contribution >= 0.6 is 0 Å². The van der Waals surface area contributed by atoms with Crippen LogP contribution in [0.3, 0.4) is 0 Å². The van der Waals surface area contributed by atoms with Crippen molar-refractivity contribution in [2.24, 2.45) is 0 Å². The van der Waals surface area contributed by atoms with Crippen molar-refractivity contribution < 1.29 is 31.7 Å². The average molecular weight is 310 g/mol. The summed E-state index contributed by atoms with van der Waals surface area (Å²) >= 11 is 0. The van der Waals surface area contributed by atoms with Crippen LogP contribution in [0.2, 0.25) is 0 Å². The Kier molecular flexibility index (Phi) is 3.22. The van der Waals surface area contributed by atoms with Crippen LogP contribution in [0.25, 0.3) is 0 Å². The minimum Gasteiger partial charge on any atom is -0.409 e. The first-order chi connectivity index (χ1) is 3.80. The number of furan rings is 1. The minimum atomic E-state index is -0.583. The molecular formula is C4H3AuNO3. The maximum absolute atomic E-state index is 9.77. The number of nitrogens with zero attached hydrogens (tertiary/aromatic N) is 1. The molecule has 1 radical (unpaired) electrons. The van der Waals surface area contributed by atoms with Gasteiger partial charge in [-0.05, 0) is 6.07 Å². The van der Waals surface area contributed by atoms with Crippen molar-refractivity contribution in [1.82, 2.24) is 0 Å². The smallest absolute Gasteiger partial charge is 0.409 e. The van der Waals surface area contributed by atoms with Crippen molar-refractivity contribution >= 4 is 5.88 Å². The first kappa shape index (κ1) is 8.42. The van der Waals surface area contributed by atoms with E-state index in [0.717, 1.165) is 0 Å². The first-order valence-corrected chi connectivity index (χ1v) is 1.98. The Morgan fingerprint density at radius 2 is 2.33 bits per heavy atom. The van der Waals surface area contributed by atoms with Crippen LogP contribution in [0.5, 0.6) is 0 Å². The predicted molar refractivity (Wildman–Crippen MR) is 25.4 cm³/mol. The summed E-state index contributed by atoms with van der Waals surface area (Å²) in [6, 6.07) is 2.76. The Balaban J connectivity index is 0.000000640. The van der Waals surface area contributed by atoms with Crippen LogP contribution in [0.15, 0.2) is 22.8 Å². The third kappa shape index (κ3) is 2.01. The van der Waals surface area contributed by atoms with Gasteiger partial charge in [0.15, 0.2) is 0 Å². The molecule has 0 atom stereocenters. The number of hydrogen-bond donors (Lipinski definition) is 0. The number of hydrogen-bond acceptors (Lipinski definition) is 3. The van der Waals surface area contributed by atoms with Gasteiger partial charge in [0.1, 0.15) is 4.92 Å². The van der Waals surface area contributed by atoms with Crippen molar-refractivity contribution in [2.45, 2.75) is 0 Å². The molecule has 0 aliphatic carbocycles. The van der Waals surface area contributed by atoms with Gasteiger partial charge in [-0.3, -0.25) is 10.1 Å². The maximum Gasteiger partial charge on any atom is 0.432 e. The second kappa shape index (κ2) is 3.45. The third-order valence-electron chi connectivity index (χ3n) is 0.686. The molecular weight excluding hydrogens is 307 g/mol. The van der Waals surface area contributed by atoms with Gasteiger partial charge < -0.3 is 4.42 Å². The Bertz CT molecular complexity index is 184. The zero-order valence-corrected chi connectivity index (χ0v) is 6.37. The fraction of sp³-hybridized carbons (Fsp3) is 0. The van der Waals surface area contributed by atoms with Gasteiger partial charge in [-0.15, -0.1) is 0 Å². The molecule has 0 spiro atoms. The summed E-state index contributed by atoms with van der Waals surface area (Å²) in [6.45, 7) is 0. The van der Waals surface area contributed by atoms with Crippen molar-refractivity contribution in [3.63, 3.8) is 0 Å². The molecule has 0 saturated carbocycles. The van der Waals surface area contributed by atoms with Gasteiger partial charge in [-0.1, -0.05) is 0 Å². The number of rotatable bonds is 1. The molecule has 9 heavy (non-hydrogen) atoms. The largest absolute Gasteiger partial charge is 0.432 e. The summed E-state index contributed by atoms with van der Waals surface area (Å²) in [5.74, 6) is -0.218. The summed E-state index contributed by atoms with van der Waals surface area (Å²) < 4.78 is 4.40. The molecule has 0 fully saturated rings. The predicted octanol–water partition coefficient (Wildman–Crippen LogP) is 1.19. The van der Waals surface area contributed by atoms with Crippen molar-refractivity contribution in [3.05, 3.63) is 28.5 Å². The van der Waals surface area contributed by atoms with Crippen LogP contribution in [0, 0.1) is 10.1 Å². The summed E-state index contributed by atoms with van der Waals surface area (Å²) in [6.07, 6.45) is 1.26. The van der Waals surface area contributed by atoms with E-state index in [1.165, 1.54) is 18.4 Å². The number of nitro groups is 1. The van der Waals surface area contributed by atoms with Crippen molar-refractivity contribution in [3.8, 4) is 0 Å². The van der Waals surface area contributed by atoms with Crippen molar-refractivity contribution in [1.29, 1.82) is 0 Å². The molecule has 0 aromatic carbocycles. The monoisotopic (exact) mass is 310 g/mol. The second-order valence-electron chi connectivity index (χ2n) is 1.21. The van der Waals surface area contributed by atoms with E-state index in [2.05, 4.69) is 4.42 Å². The van der Waals surface area contributed by atoms with Crippen LogP contribution < -0.4 is 0 Å². The van der Waals surface area contributed by atoms with Gasteiger partial charge in [-0.25, -0.2) is 0 Å². The standard InChI is InChI=1S/C4H3NO3.Au/c6-5(7)4-2-1-3-8-4;/h1-3H;. The summed E-state index contributed by atoms with van der Waals surface area (Å²) in [7, 11) is 0. The Morgan fingerprint density at radius 3 is 2.56 bits per heavy atom. The molecule has 0 aliphatic rings. The molecule has 1 heterocycles. The third-order valence-corrected chi connectivity index (χ3v) is 0.686. The summed E-state index contributed by atoms with van der Waals surface area (Å²) in [4.78, 5) is 9.19.